The summed E-state index contributed by atoms with van der Waals surface area (Å²) >= 11 is 1.22. The van der Waals surface area contributed by atoms with Crippen LogP contribution in [0, 0.1) is 6.92 Å². The third-order valence-electron chi connectivity index (χ3n) is 4.07. The van der Waals surface area contributed by atoms with E-state index in [4.69, 9.17) is 4.74 Å². The molecule has 0 aliphatic rings. The molecule has 27 heavy (non-hydrogen) atoms. The van der Waals surface area contributed by atoms with E-state index in [2.05, 4.69) is 9.97 Å². The van der Waals surface area contributed by atoms with E-state index in [0.717, 1.165) is 0 Å². The fraction of sp³-hybridized carbons (Fsp3) is 0.556. The first-order chi connectivity index (χ1) is 12.8. The first-order valence-corrected chi connectivity index (χ1v) is 9.72. The Balaban J connectivity index is 2.32. The van der Waals surface area contributed by atoms with Crippen LogP contribution in [0.4, 0.5) is 0 Å². The van der Waals surface area contributed by atoms with Crippen molar-refractivity contribution in [2.75, 3.05) is 33.8 Å². The second kappa shape index (κ2) is 9.09. The van der Waals surface area contributed by atoms with Gasteiger partial charge < -0.3 is 19.5 Å². The summed E-state index contributed by atoms with van der Waals surface area (Å²) in [6.45, 7) is 6.92. The molecule has 0 aromatic carbocycles. The Morgan fingerprint density at radius 1 is 1.26 bits per heavy atom. The first kappa shape index (κ1) is 21.0. The second-order valence-electron chi connectivity index (χ2n) is 6.43. The Morgan fingerprint density at radius 3 is 2.56 bits per heavy atom. The van der Waals surface area contributed by atoms with Gasteiger partial charge in [0, 0.05) is 13.1 Å². The van der Waals surface area contributed by atoms with Gasteiger partial charge in [0.15, 0.2) is 0 Å². The fourth-order valence-corrected chi connectivity index (χ4v) is 3.94. The molecule has 0 saturated heterocycles. The third-order valence-corrected chi connectivity index (χ3v) is 5.24. The number of carbonyl (C=O) groups excluding carboxylic acids is 2. The molecule has 0 unspecified atom stereocenters. The number of ether oxygens (including phenoxy) is 1. The number of amides is 1. The van der Waals surface area contributed by atoms with Crippen molar-refractivity contribution in [1.82, 2.24) is 19.8 Å². The molecule has 2 heterocycles. The molecular weight excluding hydrogens is 368 g/mol. The standard InChI is InChI=1S/C18H26N4O4S/c1-6-22(9-8-13(23)26-7-2)18(25)15-11(3)14-16(24)19-12(10-21(4)5)20-17(14)27-15/h6-10H2,1-5H3,(H,19,20,24). The number of hydrogen-bond donors (Lipinski definition) is 1. The van der Waals surface area contributed by atoms with Crippen molar-refractivity contribution in [2.45, 2.75) is 33.7 Å². The molecule has 8 nitrogen and oxygen atoms in total. The highest BCUT2D eigenvalue weighted by Crippen LogP contribution is 2.28. The molecule has 0 spiro atoms. The lowest BCUT2D eigenvalue weighted by Gasteiger charge is -2.20. The van der Waals surface area contributed by atoms with Crippen molar-refractivity contribution in [1.29, 1.82) is 0 Å². The molecule has 0 aliphatic heterocycles. The maximum absolute atomic E-state index is 12.9. The molecule has 0 aliphatic carbocycles. The quantitative estimate of drug-likeness (QED) is 0.686. The van der Waals surface area contributed by atoms with E-state index >= 15 is 0 Å². The van der Waals surface area contributed by atoms with Gasteiger partial charge in [-0.2, -0.15) is 0 Å². The van der Waals surface area contributed by atoms with Crippen LogP contribution in [0.1, 0.15) is 41.3 Å². The molecule has 0 bridgehead atoms. The van der Waals surface area contributed by atoms with Crippen LogP contribution in [0.5, 0.6) is 0 Å². The maximum Gasteiger partial charge on any atom is 0.307 e. The summed E-state index contributed by atoms with van der Waals surface area (Å²) in [6.07, 6.45) is 0.142. The molecule has 0 fully saturated rings. The number of aromatic amines is 1. The number of rotatable bonds is 8. The number of aryl methyl sites for hydroxylation is 1. The Hall–Kier alpha value is -2.26. The van der Waals surface area contributed by atoms with Gasteiger partial charge in [0.2, 0.25) is 0 Å². The molecule has 0 radical (unpaired) electrons. The summed E-state index contributed by atoms with van der Waals surface area (Å²) in [5.74, 6) is 0.0338. The van der Waals surface area contributed by atoms with Gasteiger partial charge in [-0.25, -0.2) is 4.98 Å². The van der Waals surface area contributed by atoms with Crippen LogP contribution in [-0.4, -0.2) is 65.4 Å². The second-order valence-corrected chi connectivity index (χ2v) is 7.43. The van der Waals surface area contributed by atoms with E-state index in [0.29, 0.717) is 46.2 Å². The minimum absolute atomic E-state index is 0.142. The number of carbonyl (C=O) groups is 2. The van der Waals surface area contributed by atoms with Gasteiger partial charge in [-0.05, 0) is 40.4 Å². The van der Waals surface area contributed by atoms with E-state index in [1.165, 1.54) is 11.3 Å². The van der Waals surface area contributed by atoms with Crippen LogP contribution in [-0.2, 0) is 16.1 Å². The summed E-state index contributed by atoms with van der Waals surface area (Å²) in [5, 5.41) is 0.451. The van der Waals surface area contributed by atoms with Gasteiger partial charge in [-0.1, -0.05) is 0 Å². The molecular formula is C18H26N4O4S. The first-order valence-electron chi connectivity index (χ1n) is 8.90. The highest BCUT2D eigenvalue weighted by Gasteiger charge is 2.23. The highest BCUT2D eigenvalue weighted by atomic mass is 32.1. The highest BCUT2D eigenvalue weighted by molar-refractivity contribution is 7.20. The van der Waals surface area contributed by atoms with E-state index < -0.39 is 0 Å². The molecule has 2 aromatic rings. The topological polar surface area (TPSA) is 95.6 Å². The van der Waals surface area contributed by atoms with Gasteiger partial charge in [-0.3, -0.25) is 14.4 Å². The summed E-state index contributed by atoms with van der Waals surface area (Å²) in [5.41, 5.74) is 0.388. The van der Waals surface area contributed by atoms with E-state index in [-0.39, 0.29) is 30.4 Å². The maximum atomic E-state index is 12.9. The summed E-state index contributed by atoms with van der Waals surface area (Å²) in [7, 11) is 3.78. The smallest absolute Gasteiger partial charge is 0.307 e. The van der Waals surface area contributed by atoms with Gasteiger partial charge >= 0.3 is 5.97 Å². The van der Waals surface area contributed by atoms with Crippen LogP contribution < -0.4 is 5.56 Å². The number of esters is 1. The number of thiophene rings is 1. The van der Waals surface area contributed by atoms with Crippen LogP contribution in [0.2, 0.25) is 0 Å². The predicted molar refractivity (Wildman–Crippen MR) is 105 cm³/mol. The number of hydrogen-bond acceptors (Lipinski definition) is 7. The largest absolute Gasteiger partial charge is 0.466 e. The lowest BCUT2D eigenvalue weighted by molar-refractivity contribution is -0.143. The van der Waals surface area contributed by atoms with E-state index in [9.17, 15) is 14.4 Å². The van der Waals surface area contributed by atoms with Crippen LogP contribution >= 0.6 is 11.3 Å². The molecule has 2 aromatic heterocycles. The predicted octanol–water partition coefficient (Wildman–Crippen LogP) is 1.77. The van der Waals surface area contributed by atoms with E-state index in [1.807, 2.05) is 25.9 Å². The zero-order valence-corrected chi connectivity index (χ0v) is 17.2. The Labute approximate surface area is 162 Å². The Bertz CT molecular complexity index is 887. The fourth-order valence-electron chi connectivity index (χ4n) is 2.77. The number of aromatic nitrogens is 2. The van der Waals surface area contributed by atoms with Crippen molar-refractivity contribution in [3.8, 4) is 0 Å². The van der Waals surface area contributed by atoms with Crippen LogP contribution in [0.25, 0.3) is 10.2 Å². The molecule has 2 rings (SSSR count). The normalized spacial score (nSPS) is 11.2. The van der Waals surface area contributed by atoms with Crippen molar-refractivity contribution >= 4 is 33.4 Å². The lowest BCUT2D eigenvalue weighted by Crippen LogP contribution is -2.33. The molecule has 0 saturated carbocycles. The zero-order valence-electron chi connectivity index (χ0n) is 16.4. The molecule has 1 N–H and O–H groups in total. The number of H-pyrrole nitrogens is 1. The minimum atomic E-state index is -0.330. The van der Waals surface area contributed by atoms with Crippen molar-refractivity contribution in [3.63, 3.8) is 0 Å². The monoisotopic (exact) mass is 394 g/mol. The van der Waals surface area contributed by atoms with Crippen molar-refractivity contribution in [2.24, 2.45) is 0 Å². The Morgan fingerprint density at radius 2 is 1.96 bits per heavy atom. The van der Waals surface area contributed by atoms with Gasteiger partial charge in [0.05, 0.1) is 29.8 Å². The van der Waals surface area contributed by atoms with Crippen molar-refractivity contribution < 1.29 is 14.3 Å². The van der Waals surface area contributed by atoms with Gasteiger partial charge in [-0.15, -0.1) is 11.3 Å². The minimum Gasteiger partial charge on any atom is -0.466 e. The van der Waals surface area contributed by atoms with Crippen molar-refractivity contribution in [3.05, 3.63) is 26.6 Å². The number of fused-ring (bicyclic) bond motifs is 1. The SMILES string of the molecule is CCOC(=O)CCN(CC)C(=O)c1sc2nc(CN(C)C)[nH]c(=O)c2c1C. The van der Waals surface area contributed by atoms with Gasteiger partial charge in [0.25, 0.3) is 11.5 Å². The average Bonchev–Trinajstić information content (AvgIpc) is 2.91. The number of nitrogens with one attached hydrogen (secondary N) is 1. The summed E-state index contributed by atoms with van der Waals surface area (Å²) in [4.78, 5) is 48.8. The molecule has 0 atom stereocenters. The van der Waals surface area contributed by atoms with Crippen LogP contribution in [0.15, 0.2) is 4.79 Å². The van der Waals surface area contributed by atoms with Crippen LogP contribution in [0.3, 0.4) is 0 Å². The molecule has 1 amide bonds. The van der Waals surface area contributed by atoms with E-state index in [1.54, 1.807) is 18.7 Å². The average molecular weight is 394 g/mol. The number of nitrogens with zero attached hydrogens (tertiary/aromatic N) is 3. The molecule has 9 heteroatoms. The molecule has 148 valence electrons. The lowest BCUT2D eigenvalue weighted by atomic mass is 10.2. The third kappa shape index (κ3) is 4.92. The summed E-state index contributed by atoms with van der Waals surface area (Å²) < 4.78 is 4.92. The van der Waals surface area contributed by atoms with Gasteiger partial charge in [0.1, 0.15) is 10.7 Å². The zero-order chi connectivity index (χ0) is 20.1. The summed E-state index contributed by atoms with van der Waals surface area (Å²) in [6, 6.07) is 0. The Kier molecular flexibility index (Phi) is 7.09.